The summed E-state index contributed by atoms with van der Waals surface area (Å²) in [4.78, 5) is 21.8. The third kappa shape index (κ3) is 5.30. The Bertz CT molecular complexity index is 800. The largest absolute Gasteiger partial charge is 0.367 e. The first-order valence-corrected chi connectivity index (χ1v) is 10.8. The normalized spacial score (nSPS) is 18.8. The van der Waals surface area contributed by atoms with Gasteiger partial charge in [-0.25, -0.2) is 0 Å². The van der Waals surface area contributed by atoms with Crippen molar-refractivity contribution in [2.75, 3.05) is 63.8 Å². The average Bonchev–Trinajstić information content (AvgIpc) is 2.76. The van der Waals surface area contributed by atoms with Crippen LogP contribution in [0.2, 0.25) is 5.02 Å². The molecule has 0 spiro atoms. The summed E-state index contributed by atoms with van der Waals surface area (Å²) >= 11 is 6.32. The lowest BCUT2D eigenvalue weighted by Crippen LogP contribution is -2.53. The van der Waals surface area contributed by atoms with Crippen LogP contribution in [-0.4, -0.2) is 79.5 Å². The second-order valence-corrected chi connectivity index (χ2v) is 8.26. The maximum absolute atomic E-state index is 12.8. The Labute approximate surface area is 178 Å². The van der Waals surface area contributed by atoms with Gasteiger partial charge in [-0.1, -0.05) is 54.1 Å². The summed E-state index contributed by atoms with van der Waals surface area (Å²) in [6, 6.07) is 18.5. The predicted molar refractivity (Wildman–Crippen MR) is 118 cm³/mol. The molecule has 154 valence electrons. The Morgan fingerprint density at radius 2 is 1.38 bits per heavy atom. The molecule has 2 aromatic rings. The molecule has 1 amide bonds. The zero-order valence-electron chi connectivity index (χ0n) is 16.8. The molecular formula is C23H29ClN4O. The van der Waals surface area contributed by atoms with Gasteiger partial charge in [-0.3, -0.25) is 14.6 Å². The fourth-order valence-corrected chi connectivity index (χ4v) is 4.40. The molecule has 4 rings (SSSR count). The summed E-state index contributed by atoms with van der Waals surface area (Å²) in [5.41, 5.74) is 2.42. The minimum absolute atomic E-state index is 0.250. The molecule has 2 aliphatic heterocycles. The fourth-order valence-electron chi connectivity index (χ4n) is 4.14. The summed E-state index contributed by atoms with van der Waals surface area (Å²) in [6.07, 6.45) is 0. The van der Waals surface area contributed by atoms with Crippen molar-refractivity contribution < 1.29 is 4.79 Å². The van der Waals surface area contributed by atoms with E-state index in [1.54, 1.807) is 0 Å². The minimum atomic E-state index is 0.250. The summed E-state index contributed by atoms with van der Waals surface area (Å²) in [6.45, 7) is 8.66. The molecule has 2 aromatic carbocycles. The highest BCUT2D eigenvalue weighted by atomic mass is 35.5. The van der Waals surface area contributed by atoms with Crippen LogP contribution in [-0.2, 0) is 11.3 Å². The number of rotatable bonds is 5. The first-order valence-electron chi connectivity index (χ1n) is 10.4. The molecule has 0 aliphatic carbocycles. The van der Waals surface area contributed by atoms with E-state index in [0.29, 0.717) is 6.54 Å². The highest BCUT2D eigenvalue weighted by molar-refractivity contribution is 6.33. The zero-order valence-corrected chi connectivity index (χ0v) is 17.6. The van der Waals surface area contributed by atoms with E-state index in [-0.39, 0.29) is 5.91 Å². The zero-order chi connectivity index (χ0) is 20.1. The molecule has 6 heteroatoms. The number of benzene rings is 2. The molecule has 2 saturated heterocycles. The van der Waals surface area contributed by atoms with E-state index < -0.39 is 0 Å². The van der Waals surface area contributed by atoms with Gasteiger partial charge in [0.1, 0.15) is 0 Å². The van der Waals surface area contributed by atoms with E-state index in [0.717, 1.165) is 69.6 Å². The van der Waals surface area contributed by atoms with Crippen LogP contribution in [0.15, 0.2) is 54.6 Å². The van der Waals surface area contributed by atoms with Crippen LogP contribution in [0.4, 0.5) is 5.69 Å². The van der Waals surface area contributed by atoms with Gasteiger partial charge in [0.05, 0.1) is 17.3 Å². The van der Waals surface area contributed by atoms with Gasteiger partial charge in [-0.2, -0.15) is 0 Å². The fraction of sp³-hybridized carbons (Fsp3) is 0.435. The molecule has 0 N–H and O–H groups in total. The molecule has 29 heavy (non-hydrogen) atoms. The van der Waals surface area contributed by atoms with Crippen LogP contribution in [0, 0.1) is 0 Å². The van der Waals surface area contributed by atoms with Gasteiger partial charge in [0.2, 0.25) is 5.91 Å². The second-order valence-electron chi connectivity index (χ2n) is 7.86. The lowest BCUT2D eigenvalue weighted by molar-refractivity contribution is -0.133. The third-order valence-electron chi connectivity index (χ3n) is 5.90. The van der Waals surface area contributed by atoms with E-state index in [1.165, 1.54) is 5.56 Å². The minimum Gasteiger partial charge on any atom is -0.367 e. The Hall–Kier alpha value is -2.08. The van der Waals surface area contributed by atoms with Crippen LogP contribution in [0.3, 0.4) is 0 Å². The molecular weight excluding hydrogens is 384 g/mol. The molecule has 0 unspecified atom stereocenters. The first kappa shape index (κ1) is 20.2. The van der Waals surface area contributed by atoms with E-state index in [4.69, 9.17) is 11.6 Å². The summed E-state index contributed by atoms with van der Waals surface area (Å²) in [5, 5.41) is 0.778. The number of hydrogen-bond donors (Lipinski definition) is 0. The Kier molecular flexibility index (Phi) is 6.70. The standard InChI is InChI=1S/C23H29ClN4O/c24-21-8-4-5-9-22(21)27-14-16-28(17-15-27)23(29)19-26-12-10-25(11-13-26)18-20-6-2-1-3-7-20/h1-9H,10-19H2. The Morgan fingerprint density at radius 3 is 2.07 bits per heavy atom. The van der Waals surface area contributed by atoms with Crippen LogP contribution in [0.5, 0.6) is 0 Å². The van der Waals surface area contributed by atoms with Crippen molar-refractivity contribution in [3.05, 3.63) is 65.2 Å². The molecule has 2 fully saturated rings. The van der Waals surface area contributed by atoms with Crippen LogP contribution in [0.1, 0.15) is 5.56 Å². The number of halogens is 1. The maximum Gasteiger partial charge on any atom is 0.236 e. The monoisotopic (exact) mass is 412 g/mol. The number of nitrogens with zero attached hydrogens (tertiary/aromatic N) is 4. The SMILES string of the molecule is O=C(CN1CCN(Cc2ccccc2)CC1)N1CCN(c2ccccc2Cl)CC1. The van der Waals surface area contributed by atoms with Crippen molar-refractivity contribution in [2.45, 2.75) is 6.54 Å². The summed E-state index contributed by atoms with van der Waals surface area (Å²) in [5.74, 6) is 0.250. The molecule has 0 aromatic heterocycles. The smallest absolute Gasteiger partial charge is 0.236 e. The Morgan fingerprint density at radius 1 is 0.759 bits per heavy atom. The van der Waals surface area contributed by atoms with Gasteiger partial charge in [0.15, 0.2) is 0 Å². The van der Waals surface area contributed by atoms with Crippen LogP contribution < -0.4 is 4.90 Å². The van der Waals surface area contributed by atoms with Gasteiger partial charge in [-0.05, 0) is 17.7 Å². The molecule has 0 radical (unpaired) electrons. The number of hydrogen-bond acceptors (Lipinski definition) is 4. The molecule has 2 heterocycles. The first-order chi connectivity index (χ1) is 14.2. The summed E-state index contributed by atoms with van der Waals surface area (Å²) in [7, 11) is 0. The number of para-hydroxylation sites is 1. The van der Waals surface area contributed by atoms with E-state index >= 15 is 0 Å². The van der Waals surface area contributed by atoms with Gasteiger partial charge in [0.25, 0.3) is 0 Å². The van der Waals surface area contributed by atoms with Gasteiger partial charge >= 0.3 is 0 Å². The lowest BCUT2D eigenvalue weighted by atomic mass is 10.2. The number of amides is 1. The Balaban J connectivity index is 1.20. The molecule has 2 aliphatic rings. The third-order valence-corrected chi connectivity index (χ3v) is 6.22. The summed E-state index contributed by atoms with van der Waals surface area (Å²) < 4.78 is 0. The van der Waals surface area contributed by atoms with Gasteiger partial charge in [-0.15, -0.1) is 0 Å². The topological polar surface area (TPSA) is 30.0 Å². The predicted octanol–water partition coefficient (Wildman–Crippen LogP) is 2.81. The number of carbonyl (C=O) groups excluding carboxylic acids is 1. The molecule has 5 nitrogen and oxygen atoms in total. The van der Waals surface area contributed by atoms with Crippen molar-refractivity contribution in [2.24, 2.45) is 0 Å². The van der Waals surface area contributed by atoms with E-state index in [1.807, 2.05) is 23.1 Å². The molecule has 0 saturated carbocycles. The van der Waals surface area contributed by atoms with Gasteiger partial charge in [0, 0.05) is 58.9 Å². The lowest BCUT2D eigenvalue weighted by Gasteiger charge is -2.39. The number of piperazine rings is 2. The highest BCUT2D eigenvalue weighted by Crippen LogP contribution is 2.26. The van der Waals surface area contributed by atoms with E-state index in [9.17, 15) is 4.79 Å². The number of anilines is 1. The molecule has 0 bridgehead atoms. The number of carbonyl (C=O) groups is 1. The van der Waals surface area contributed by atoms with Gasteiger partial charge < -0.3 is 9.80 Å². The van der Waals surface area contributed by atoms with Crippen LogP contribution in [0.25, 0.3) is 0 Å². The average molecular weight is 413 g/mol. The highest BCUT2D eigenvalue weighted by Gasteiger charge is 2.25. The van der Waals surface area contributed by atoms with E-state index in [2.05, 4.69) is 51.1 Å². The maximum atomic E-state index is 12.8. The van der Waals surface area contributed by atoms with Crippen molar-refractivity contribution in [3.8, 4) is 0 Å². The van der Waals surface area contributed by atoms with Crippen molar-refractivity contribution >= 4 is 23.2 Å². The quantitative estimate of drug-likeness (QED) is 0.755. The van der Waals surface area contributed by atoms with Crippen LogP contribution >= 0.6 is 11.6 Å². The van der Waals surface area contributed by atoms with Crippen molar-refractivity contribution in [3.63, 3.8) is 0 Å². The van der Waals surface area contributed by atoms with Crippen molar-refractivity contribution in [1.29, 1.82) is 0 Å². The molecule has 0 atom stereocenters. The van der Waals surface area contributed by atoms with Crippen molar-refractivity contribution in [1.82, 2.24) is 14.7 Å². The second kappa shape index (κ2) is 9.61.